The summed E-state index contributed by atoms with van der Waals surface area (Å²) in [6, 6.07) is 11.0. The van der Waals surface area contributed by atoms with Gasteiger partial charge < -0.3 is 29.2 Å². The first-order chi connectivity index (χ1) is 13.5. The minimum atomic E-state index is -0.846. The SMILES string of the molecule is COc1ccc(C(=O)NCC(O)c2cn(C)c3ccccc23)c(OC)c1OC. The van der Waals surface area contributed by atoms with E-state index in [1.54, 1.807) is 12.1 Å². The summed E-state index contributed by atoms with van der Waals surface area (Å²) in [5.41, 5.74) is 2.08. The maximum atomic E-state index is 12.7. The molecule has 0 radical (unpaired) electrons. The van der Waals surface area contributed by atoms with Crippen LogP contribution < -0.4 is 19.5 Å². The summed E-state index contributed by atoms with van der Waals surface area (Å²) in [4.78, 5) is 12.7. The van der Waals surface area contributed by atoms with Gasteiger partial charge in [-0.15, -0.1) is 0 Å². The zero-order valence-electron chi connectivity index (χ0n) is 16.4. The standard InChI is InChI=1S/C21H24N2O5/c1-23-12-15(13-7-5-6-8-16(13)23)17(24)11-22-21(25)14-9-10-18(26-2)20(28-4)19(14)27-3/h5-10,12,17,24H,11H2,1-4H3,(H,22,25). The molecule has 1 unspecified atom stereocenters. The number of amides is 1. The number of ether oxygens (including phenoxy) is 3. The van der Waals surface area contributed by atoms with Crippen molar-refractivity contribution < 1.29 is 24.1 Å². The molecule has 0 aliphatic heterocycles. The Hall–Kier alpha value is -3.19. The first kappa shape index (κ1) is 19.6. The maximum Gasteiger partial charge on any atom is 0.255 e. The van der Waals surface area contributed by atoms with Crippen LogP contribution in [0.5, 0.6) is 17.2 Å². The van der Waals surface area contributed by atoms with E-state index in [0.29, 0.717) is 17.1 Å². The fourth-order valence-corrected chi connectivity index (χ4v) is 3.31. The van der Waals surface area contributed by atoms with Crippen LogP contribution in [0.1, 0.15) is 22.0 Å². The van der Waals surface area contributed by atoms with Crippen molar-refractivity contribution in [3.63, 3.8) is 0 Å². The summed E-state index contributed by atoms with van der Waals surface area (Å²) in [5.74, 6) is 0.704. The highest BCUT2D eigenvalue weighted by Crippen LogP contribution is 2.39. The van der Waals surface area contributed by atoms with Crippen molar-refractivity contribution in [2.24, 2.45) is 7.05 Å². The van der Waals surface area contributed by atoms with Gasteiger partial charge in [0.25, 0.3) is 5.91 Å². The van der Waals surface area contributed by atoms with Crippen LogP contribution in [0.25, 0.3) is 10.9 Å². The summed E-state index contributed by atoms with van der Waals surface area (Å²) in [5, 5.41) is 14.3. The van der Waals surface area contributed by atoms with Gasteiger partial charge in [0.15, 0.2) is 11.5 Å². The lowest BCUT2D eigenvalue weighted by Crippen LogP contribution is -2.28. The number of carbonyl (C=O) groups excluding carboxylic acids is 1. The molecule has 1 heterocycles. The quantitative estimate of drug-likeness (QED) is 0.655. The van der Waals surface area contributed by atoms with Crippen LogP contribution in [0.2, 0.25) is 0 Å². The van der Waals surface area contributed by atoms with Gasteiger partial charge in [-0.05, 0) is 18.2 Å². The number of hydrogen-bond donors (Lipinski definition) is 2. The molecule has 2 N–H and O–H groups in total. The van der Waals surface area contributed by atoms with Crippen molar-refractivity contribution in [3.8, 4) is 17.2 Å². The van der Waals surface area contributed by atoms with Crippen LogP contribution >= 0.6 is 0 Å². The Morgan fingerprint density at radius 3 is 2.46 bits per heavy atom. The van der Waals surface area contributed by atoms with Crippen molar-refractivity contribution in [2.75, 3.05) is 27.9 Å². The molecule has 148 valence electrons. The number of hydrogen-bond acceptors (Lipinski definition) is 5. The van der Waals surface area contributed by atoms with Gasteiger partial charge >= 0.3 is 0 Å². The fraction of sp³-hybridized carbons (Fsp3) is 0.286. The van der Waals surface area contributed by atoms with Gasteiger partial charge in [-0.25, -0.2) is 0 Å². The molecule has 1 atom stereocenters. The fourth-order valence-electron chi connectivity index (χ4n) is 3.31. The molecule has 0 saturated carbocycles. The van der Waals surface area contributed by atoms with Crippen LogP contribution in [0.15, 0.2) is 42.6 Å². The molecule has 1 amide bonds. The third-order valence-corrected chi connectivity index (χ3v) is 4.69. The second kappa shape index (κ2) is 8.22. The second-order valence-corrected chi connectivity index (χ2v) is 6.32. The molecule has 1 aromatic heterocycles. The Morgan fingerprint density at radius 1 is 1.07 bits per heavy atom. The molecule has 0 fully saturated rings. The van der Waals surface area contributed by atoms with E-state index < -0.39 is 6.10 Å². The van der Waals surface area contributed by atoms with E-state index in [1.165, 1.54) is 21.3 Å². The van der Waals surface area contributed by atoms with E-state index >= 15 is 0 Å². The minimum Gasteiger partial charge on any atom is -0.493 e. The number of aromatic nitrogens is 1. The van der Waals surface area contributed by atoms with E-state index in [2.05, 4.69) is 5.32 Å². The van der Waals surface area contributed by atoms with E-state index in [1.807, 2.05) is 42.1 Å². The zero-order chi connectivity index (χ0) is 20.3. The molecule has 3 rings (SSSR count). The first-order valence-electron chi connectivity index (χ1n) is 8.81. The van der Waals surface area contributed by atoms with Gasteiger partial charge in [-0.3, -0.25) is 4.79 Å². The molecule has 28 heavy (non-hydrogen) atoms. The lowest BCUT2D eigenvalue weighted by atomic mass is 10.1. The molecule has 3 aromatic rings. The van der Waals surface area contributed by atoms with Crippen LogP contribution in [-0.2, 0) is 7.05 Å². The third-order valence-electron chi connectivity index (χ3n) is 4.69. The number of aliphatic hydroxyl groups excluding tert-OH is 1. The number of carbonyl (C=O) groups is 1. The summed E-state index contributed by atoms with van der Waals surface area (Å²) in [6.07, 6.45) is 1.03. The Balaban J connectivity index is 1.80. The summed E-state index contributed by atoms with van der Waals surface area (Å²) >= 11 is 0. The lowest BCUT2D eigenvalue weighted by Gasteiger charge is -2.16. The monoisotopic (exact) mass is 384 g/mol. The van der Waals surface area contributed by atoms with E-state index in [9.17, 15) is 9.90 Å². The van der Waals surface area contributed by atoms with E-state index in [4.69, 9.17) is 14.2 Å². The molecule has 0 aliphatic rings. The van der Waals surface area contributed by atoms with Crippen molar-refractivity contribution in [3.05, 3.63) is 53.7 Å². The maximum absolute atomic E-state index is 12.7. The van der Waals surface area contributed by atoms with Gasteiger partial charge in [0.05, 0.1) is 33.0 Å². The summed E-state index contributed by atoms with van der Waals surface area (Å²) in [6.45, 7) is 0.0599. The minimum absolute atomic E-state index is 0.0599. The number of aryl methyl sites for hydroxylation is 1. The molecule has 2 aromatic carbocycles. The van der Waals surface area contributed by atoms with Crippen molar-refractivity contribution in [1.82, 2.24) is 9.88 Å². The van der Waals surface area contributed by atoms with Gasteiger partial charge in [0.1, 0.15) is 0 Å². The molecular weight excluding hydrogens is 360 g/mol. The van der Waals surface area contributed by atoms with Gasteiger partial charge in [0.2, 0.25) is 5.75 Å². The predicted octanol–water partition coefficient (Wildman–Crippen LogP) is 2.67. The van der Waals surface area contributed by atoms with E-state index in [-0.39, 0.29) is 18.2 Å². The molecule has 7 nitrogen and oxygen atoms in total. The summed E-state index contributed by atoms with van der Waals surface area (Å²) < 4.78 is 17.8. The first-order valence-corrected chi connectivity index (χ1v) is 8.81. The Morgan fingerprint density at radius 2 is 1.79 bits per heavy atom. The normalized spacial score (nSPS) is 11.9. The van der Waals surface area contributed by atoms with Crippen molar-refractivity contribution >= 4 is 16.8 Å². The Labute approximate surface area is 163 Å². The number of nitrogens with one attached hydrogen (secondary N) is 1. The van der Waals surface area contributed by atoms with Crippen LogP contribution in [0.4, 0.5) is 0 Å². The highest BCUT2D eigenvalue weighted by Gasteiger charge is 2.22. The Kier molecular flexibility index (Phi) is 5.75. The number of rotatable bonds is 7. The molecule has 0 saturated heterocycles. The number of methoxy groups -OCH3 is 3. The van der Waals surface area contributed by atoms with Gasteiger partial charge in [0, 0.05) is 36.3 Å². The van der Waals surface area contributed by atoms with Crippen LogP contribution in [-0.4, -0.2) is 43.5 Å². The number of fused-ring (bicyclic) bond motifs is 1. The number of nitrogens with zero attached hydrogens (tertiary/aromatic N) is 1. The number of aliphatic hydroxyl groups is 1. The molecular formula is C21H24N2O5. The molecule has 7 heteroatoms. The van der Waals surface area contributed by atoms with Crippen LogP contribution in [0.3, 0.4) is 0 Å². The topological polar surface area (TPSA) is 82.0 Å². The average Bonchev–Trinajstić information content (AvgIpc) is 3.07. The second-order valence-electron chi connectivity index (χ2n) is 6.32. The highest BCUT2D eigenvalue weighted by molar-refractivity contribution is 5.98. The zero-order valence-corrected chi connectivity index (χ0v) is 16.4. The van der Waals surface area contributed by atoms with Crippen LogP contribution in [0, 0.1) is 0 Å². The van der Waals surface area contributed by atoms with Crippen molar-refractivity contribution in [2.45, 2.75) is 6.10 Å². The number of para-hydroxylation sites is 1. The molecule has 0 aliphatic carbocycles. The number of benzene rings is 2. The van der Waals surface area contributed by atoms with E-state index in [0.717, 1.165) is 16.5 Å². The summed E-state index contributed by atoms with van der Waals surface area (Å²) in [7, 11) is 6.37. The van der Waals surface area contributed by atoms with Gasteiger partial charge in [-0.2, -0.15) is 0 Å². The molecule has 0 bridgehead atoms. The largest absolute Gasteiger partial charge is 0.493 e. The van der Waals surface area contributed by atoms with Gasteiger partial charge in [-0.1, -0.05) is 18.2 Å². The smallest absolute Gasteiger partial charge is 0.255 e. The average molecular weight is 384 g/mol. The van der Waals surface area contributed by atoms with Crippen molar-refractivity contribution in [1.29, 1.82) is 0 Å². The third kappa shape index (κ3) is 3.48. The molecule has 0 spiro atoms. The predicted molar refractivity (Wildman–Crippen MR) is 106 cm³/mol. The lowest BCUT2D eigenvalue weighted by molar-refractivity contribution is 0.0913. The highest BCUT2D eigenvalue weighted by atomic mass is 16.5. The Bertz CT molecular complexity index is 996.